The Morgan fingerprint density at radius 3 is 2.50 bits per heavy atom. The molecule has 30 heavy (non-hydrogen) atoms. The van der Waals surface area contributed by atoms with E-state index in [4.69, 9.17) is 0 Å². The number of carbonyl (C=O) groups excluding carboxylic acids is 2. The predicted octanol–water partition coefficient (Wildman–Crippen LogP) is 2.84. The summed E-state index contributed by atoms with van der Waals surface area (Å²) in [7, 11) is 1.79. The zero-order valence-corrected chi connectivity index (χ0v) is 17.7. The minimum absolute atomic E-state index is 0.174. The van der Waals surface area contributed by atoms with E-state index in [0.717, 1.165) is 31.4 Å². The summed E-state index contributed by atoms with van der Waals surface area (Å²) in [5, 5.41) is 8.54. The molecule has 0 bridgehead atoms. The topological polar surface area (TPSA) is 97.2 Å². The Morgan fingerprint density at radius 1 is 1.10 bits per heavy atom. The van der Waals surface area contributed by atoms with E-state index in [1.54, 1.807) is 18.7 Å². The van der Waals surface area contributed by atoms with Crippen molar-refractivity contribution in [2.45, 2.75) is 57.9 Å². The molecule has 1 aliphatic carbocycles. The second kappa shape index (κ2) is 10.1. The first-order valence-electron chi connectivity index (χ1n) is 10.7. The van der Waals surface area contributed by atoms with Crippen LogP contribution in [0.3, 0.4) is 0 Å². The van der Waals surface area contributed by atoms with Crippen molar-refractivity contribution < 1.29 is 9.59 Å². The van der Waals surface area contributed by atoms with Crippen LogP contribution in [-0.4, -0.2) is 33.9 Å². The quantitative estimate of drug-likeness (QED) is 0.609. The highest BCUT2D eigenvalue weighted by atomic mass is 16.2. The highest BCUT2D eigenvalue weighted by molar-refractivity contribution is 5.91. The summed E-state index contributed by atoms with van der Waals surface area (Å²) in [6.07, 6.45) is 6.36. The molecule has 1 aliphatic rings. The molecule has 8 nitrogen and oxygen atoms in total. The zero-order chi connectivity index (χ0) is 21.5. The van der Waals surface area contributed by atoms with Gasteiger partial charge < -0.3 is 16.0 Å². The minimum atomic E-state index is -0.264. The van der Waals surface area contributed by atoms with Gasteiger partial charge in [0.05, 0.1) is 11.4 Å². The highest BCUT2D eigenvalue weighted by Gasteiger charge is 2.18. The van der Waals surface area contributed by atoms with Gasteiger partial charge in [0.15, 0.2) is 0 Å². The number of benzene rings is 1. The van der Waals surface area contributed by atoms with Crippen LogP contribution in [0, 0.1) is 6.92 Å². The monoisotopic (exact) mass is 413 g/mol. The van der Waals surface area contributed by atoms with Gasteiger partial charge in [-0.3, -0.25) is 14.3 Å². The summed E-state index contributed by atoms with van der Waals surface area (Å²) in [5.41, 5.74) is 1.44. The Labute approximate surface area is 176 Å². The maximum Gasteiger partial charge on any atom is 0.315 e. The first-order valence-corrected chi connectivity index (χ1v) is 10.7. The van der Waals surface area contributed by atoms with Crippen molar-refractivity contribution in [3.05, 3.63) is 46.4 Å². The molecule has 0 saturated heterocycles. The number of para-hydroxylation sites is 1. The number of aromatic nitrogens is 2. The van der Waals surface area contributed by atoms with Gasteiger partial charge >= 0.3 is 6.03 Å². The van der Waals surface area contributed by atoms with Crippen LogP contribution in [-0.2, 0) is 11.8 Å². The van der Waals surface area contributed by atoms with E-state index in [2.05, 4.69) is 16.0 Å². The largest absolute Gasteiger partial charge is 0.338 e. The molecular weight excluding hydrogens is 382 g/mol. The van der Waals surface area contributed by atoms with Crippen LogP contribution < -0.4 is 21.5 Å². The van der Waals surface area contributed by atoms with Gasteiger partial charge in [0.2, 0.25) is 5.91 Å². The van der Waals surface area contributed by atoms with E-state index in [1.165, 1.54) is 11.1 Å². The summed E-state index contributed by atoms with van der Waals surface area (Å²) in [6, 6.07) is 9.38. The van der Waals surface area contributed by atoms with Crippen LogP contribution in [0.5, 0.6) is 0 Å². The number of carbonyl (C=O) groups is 2. The lowest BCUT2D eigenvalue weighted by Gasteiger charge is -2.22. The van der Waals surface area contributed by atoms with Crippen molar-refractivity contribution in [3.63, 3.8) is 0 Å². The third kappa shape index (κ3) is 5.31. The second-order valence-electron chi connectivity index (χ2n) is 7.82. The van der Waals surface area contributed by atoms with Crippen LogP contribution in [0.25, 0.3) is 5.69 Å². The summed E-state index contributed by atoms with van der Waals surface area (Å²) in [5.74, 6) is -0.240. The molecule has 3 amide bonds. The summed E-state index contributed by atoms with van der Waals surface area (Å²) in [6.45, 7) is 2.21. The maximum atomic E-state index is 12.8. The molecule has 8 heteroatoms. The average Bonchev–Trinajstić information content (AvgIpc) is 2.96. The van der Waals surface area contributed by atoms with Gasteiger partial charge in [-0.05, 0) is 38.3 Å². The molecule has 0 spiro atoms. The molecule has 0 unspecified atom stereocenters. The molecule has 162 valence electrons. The first kappa shape index (κ1) is 21.7. The number of anilines is 1. The third-order valence-electron chi connectivity index (χ3n) is 5.63. The lowest BCUT2D eigenvalue weighted by Crippen LogP contribution is -2.43. The van der Waals surface area contributed by atoms with E-state index < -0.39 is 0 Å². The van der Waals surface area contributed by atoms with E-state index in [0.29, 0.717) is 18.7 Å². The van der Waals surface area contributed by atoms with Crippen molar-refractivity contribution in [2.75, 3.05) is 11.9 Å². The molecule has 1 heterocycles. The molecule has 0 aliphatic heterocycles. The lowest BCUT2D eigenvalue weighted by atomic mass is 9.96. The van der Waals surface area contributed by atoms with Crippen molar-refractivity contribution in [3.8, 4) is 5.69 Å². The summed E-state index contributed by atoms with van der Waals surface area (Å²) >= 11 is 0. The molecule has 3 rings (SSSR count). The van der Waals surface area contributed by atoms with Crippen molar-refractivity contribution in [1.82, 2.24) is 20.0 Å². The number of hydrogen-bond donors (Lipinski definition) is 3. The Balaban J connectivity index is 1.48. The minimum Gasteiger partial charge on any atom is -0.338 e. The Hall–Kier alpha value is -3.03. The van der Waals surface area contributed by atoms with Gasteiger partial charge in [0, 0.05) is 26.1 Å². The first-order chi connectivity index (χ1) is 14.5. The third-order valence-corrected chi connectivity index (χ3v) is 5.63. The fraction of sp³-hybridized carbons (Fsp3) is 0.500. The molecule has 0 atom stereocenters. The Bertz CT molecular complexity index is 926. The van der Waals surface area contributed by atoms with Crippen LogP contribution in [0.1, 0.15) is 50.6 Å². The van der Waals surface area contributed by atoms with Gasteiger partial charge in [-0.25, -0.2) is 9.48 Å². The van der Waals surface area contributed by atoms with Crippen molar-refractivity contribution >= 4 is 17.6 Å². The lowest BCUT2D eigenvalue weighted by molar-refractivity contribution is -0.116. The fourth-order valence-electron chi connectivity index (χ4n) is 3.85. The van der Waals surface area contributed by atoms with Gasteiger partial charge in [0.25, 0.3) is 5.56 Å². The van der Waals surface area contributed by atoms with Crippen molar-refractivity contribution in [1.29, 1.82) is 0 Å². The van der Waals surface area contributed by atoms with Gasteiger partial charge in [-0.2, -0.15) is 0 Å². The smallest absolute Gasteiger partial charge is 0.315 e. The van der Waals surface area contributed by atoms with Crippen molar-refractivity contribution in [2.24, 2.45) is 7.05 Å². The number of urea groups is 1. The molecule has 1 fully saturated rings. The molecule has 3 N–H and O–H groups in total. The van der Waals surface area contributed by atoms with Crippen LogP contribution >= 0.6 is 0 Å². The molecule has 1 aromatic heterocycles. The highest BCUT2D eigenvalue weighted by Crippen LogP contribution is 2.17. The Kier molecular flexibility index (Phi) is 7.32. The Morgan fingerprint density at radius 2 is 1.80 bits per heavy atom. The molecule has 1 aromatic carbocycles. The summed E-state index contributed by atoms with van der Waals surface area (Å²) < 4.78 is 3.26. The molecular formula is C22H31N5O3. The number of nitrogens with one attached hydrogen (secondary N) is 3. The average molecular weight is 414 g/mol. The standard InChI is InChI=1S/C22H31N5O3/c1-16-20(21(29)27(26(16)2)18-12-7-4-8-13-18)25-19(28)14-9-15-23-22(30)24-17-10-5-3-6-11-17/h4,7-8,12-13,17H,3,5-6,9-11,14-15H2,1-2H3,(H,25,28)(H2,23,24,30). The number of amides is 3. The number of nitrogens with zero attached hydrogens (tertiary/aromatic N) is 2. The summed E-state index contributed by atoms with van der Waals surface area (Å²) in [4.78, 5) is 37.1. The molecule has 2 aromatic rings. The second-order valence-corrected chi connectivity index (χ2v) is 7.82. The van der Waals surface area contributed by atoms with Crippen LogP contribution in [0.15, 0.2) is 35.1 Å². The number of hydrogen-bond acceptors (Lipinski definition) is 3. The molecule has 0 radical (unpaired) electrons. The normalized spacial score (nSPS) is 14.3. The van der Waals surface area contributed by atoms with E-state index in [1.807, 2.05) is 30.3 Å². The predicted molar refractivity (Wildman–Crippen MR) is 117 cm³/mol. The van der Waals surface area contributed by atoms with E-state index in [9.17, 15) is 14.4 Å². The SMILES string of the molecule is Cc1c(NC(=O)CCCNC(=O)NC2CCCCC2)c(=O)n(-c2ccccc2)n1C. The van der Waals surface area contributed by atoms with Gasteiger partial charge in [-0.15, -0.1) is 0 Å². The van der Waals surface area contributed by atoms with Crippen LogP contribution in [0.4, 0.5) is 10.5 Å². The van der Waals surface area contributed by atoms with Crippen LogP contribution in [0.2, 0.25) is 0 Å². The van der Waals surface area contributed by atoms with E-state index >= 15 is 0 Å². The fourth-order valence-corrected chi connectivity index (χ4v) is 3.85. The molecule has 1 saturated carbocycles. The number of rotatable bonds is 7. The van der Waals surface area contributed by atoms with Gasteiger partial charge in [0.1, 0.15) is 5.69 Å². The maximum absolute atomic E-state index is 12.8. The van der Waals surface area contributed by atoms with Gasteiger partial charge in [-0.1, -0.05) is 37.5 Å². The van der Waals surface area contributed by atoms with E-state index in [-0.39, 0.29) is 35.6 Å². The zero-order valence-electron chi connectivity index (χ0n) is 17.7.